The summed E-state index contributed by atoms with van der Waals surface area (Å²) >= 11 is 0. The minimum atomic E-state index is -0.809. The summed E-state index contributed by atoms with van der Waals surface area (Å²) in [5.41, 5.74) is 0. The minimum absolute atomic E-state index is 0.620. The normalized spacial score (nSPS) is 21.5. The Hall–Kier alpha value is -0.850. The van der Waals surface area contributed by atoms with Gasteiger partial charge in [0.2, 0.25) is 0 Å². The first kappa shape index (κ1) is 12.2. The molecule has 0 aromatic heterocycles. The Morgan fingerprint density at radius 3 is 1.53 bits per heavy atom. The molecular formula is C9H20N4O2. The van der Waals surface area contributed by atoms with Crippen molar-refractivity contribution >= 4 is 6.09 Å². The summed E-state index contributed by atoms with van der Waals surface area (Å²) < 4.78 is 0. The SMILES string of the molecule is C1CNCCN1.O=C(O)N1CCNCC1. The van der Waals surface area contributed by atoms with Gasteiger partial charge in [-0.05, 0) is 0 Å². The number of nitrogens with one attached hydrogen (secondary N) is 3. The van der Waals surface area contributed by atoms with Crippen molar-refractivity contribution in [3.63, 3.8) is 0 Å². The molecule has 6 heteroatoms. The number of piperazine rings is 2. The Labute approximate surface area is 90.0 Å². The molecular weight excluding hydrogens is 196 g/mol. The number of amides is 1. The fourth-order valence-corrected chi connectivity index (χ4v) is 1.46. The third-order valence-corrected chi connectivity index (χ3v) is 2.34. The van der Waals surface area contributed by atoms with Crippen LogP contribution in [0.25, 0.3) is 0 Å². The first-order valence-corrected chi connectivity index (χ1v) is 5.41. The van der Waals surface area contributed by atoms with Crippen LogP contribution in [0, 0.1) is 0 Å². The van der Waals surface area contributed by atoms with E-state index >= 15 is 0 Å². The van der Waals surface area contributed by atoms with Crippen molar-refractivity contribution in [1.29, 1.82) is 0 Å². The lowest BCUT2D eigenvalue weighted by atomic mass is 10.4. The molecule has 2 fully saturated rings. The standard InChI is InChI=1S/C5H10N2O2.C4H10N2/c8-5(9)7-3-1-6-2-4-7;1-2-6-4-3-5-1/h6H,1-4H2,(H,8,9);5-6H,1-4H2. The zero-order chi connectivity index (χ0) is 10.9. The predicted molar refractivity (Wildman–Crippen MR) is 58.2 cm³/mol. The average Bonchev–Trinajstić information content (AvgIpc) is 2.33. The highest BCUT2D eigenvalue weighted by molar-refractivity contribution is 5.65. The number of hydrogen-bond acceptors (Lipinski definition) is 4. The Bertz CT molecular complexity index is 167. The number of carboxylic acid groups (broad SMARTS) is 1. The first-order chi connectivity index (χ1) is 7.30. The summed E-state index contributed by atoms with van der Waals surface area (Å²) in [5.74, 6) is 0. The monoisotopic (exact) mass is 216 g/mol. The molecule has 0 atom stereocenters. The summed E-state index contributed by atoms with van der Waals surface area (Å²) in [6.07, 6.45) is -0.809. The van der Waals surface area contributed by atoms with Gasteiger partial charge in [-0.15, -0.1) is 0 Å². The molecule has 0 bridgehead atoms. The number of carbonyl (C=O) groups is 1. The van der Waals surface area contributed by atoms with Crippen molar-refractivity contribution in [3.8, 4) is 0 Å². The number of rotatable bonds is 0. The smallest absolute Gasteiger partial charge is 0.407 e. The van der Waals surface area contributed by atoms with Crippen LogP contribution in [0.15, 0.2) is 0 Å². The van der Waals surface area contributed by atoms with Crippen LogP contribution in [-0.4, -0.2) is 68.5 Å². The van der Waals surface area contributed by atoms with Gasteiger partial charge < -0.3 is 26.0 Å². The van der Waals surface area contributed by atoms with Crippen molar-refractivity contribution in [2.45, 2.75) is 0 Å². The molecule has 0 aromatic carbocycles. The first-order valence-electron chi connectivity index (χ1n) is 5.41. The molecule has 0 saturated carbocycles. The third kappa shape index (κ3) is 5.56. The van der Waals surface area contributed by atoms with Crippen LogP contribution in [0.2, 0.25) is 0 Å². The molecule has 2 rings (SSSR count). The van der Waals surface area contributed by atoms with E-state index in [9.17, 15) is 4.79 Å². The highest BCUT2D eigenvalue weighted by Crippen LogP contribution is 1.90. The van der Waals surface area contributed by atoms with Crippen molar-refractivity contribution in [3.05, 3.63) is 0 Å². The van der Waals surface area contributed by atoms with Gasteiger partial charge in [0.25, 0.3) is 0 Å². The summed E-state index contributed by atoms with van der Waals surface area (Å²) in [4.78, 5) is 11.7. The van der Waals surface area contributed by atoms with E-state index in [0.717, 1.165) is 39.3 Å². The molecule has 2 heterocycles. The molecule has 6 nitrogen and oxygen atoms in total. The van der Waals surface area contributed by atoms with Gasteiger partial charge in [-0.3, -0.25) is 0 Å². The number of hydrogen-bond donors (Lipinski definition) is 4. The molecule has 4 N–H and O–H groups in total. The molecule has 2 aliphatic heterocycles. The maximum Gasteiger partial charge on any atom is 0.407 e. The van der Waals surface area contributed by atoms with Crippen molar-refractivity contribution in [2.75, 3.05) is 52.4 Å². The molecule has 0 aromatic rings. The van der Waals surface area contributed by atoms with Crippen LogP contribution < -0.4 is 16.0 Å². The van der Waals surface area contributed by atoms with E-state index in [-0.39, 0.29) is 0 Å². The highest BCUT2D eigenvalue weighted by Gasteiger charge is 2.13. The summed E-state index contributed by atoms with van der Waals surface area (Å²) in [6, 6.07) is 0. The van der Waals surface area contributed by atoms with Crippen molar-refractivity contribution in [2.24, 2.45) is 0 Å². The summed E-state index contributed by atoms with van der Waals surface area (Å²) in [6.45, 7) is 7.36. The zero-order valence-electron chi connectivity index (χ0n) is 8.96. The maximum absolute atomic E-state index is 10.3. The van der Waals surface area contributed by atoms with Crippen LogP contribution in [0.4, 0.5) is 4.79 Å². The van der Waals surface area contributed by atoms with Crippen LogP contribution in [-0.2, 0) is 0 Å². The van der Waals surface area contributed by atoms with Crippen LogP contribution in [0.5, 0.6) is 0 Å². The molecule has 0 radical (unpaired) electrons. The fourth-order valence-electron chi connectivity index (χ4n) is 1.46. The molecule has 88 valence electrons. The molecule has 0 spiro atoms. The predicted octanol–water partition coefficient (Wildman–Crippen LogP) is -1.25. The summed E-state index contributed by atoms with van der Waals surface area (Å²) in [5, 5.41) is 17.9. The van der Waals surface area contributed by atoms with Gasteiger partial charge in [-0.1, -0.05) is 0 Å². The van der Waals surface area contributed by atoms with Gasteiger partial charge >= 0.3 is 6.09 Å². The quantitative estimate of drug-likeness (QED) is 0.407. The second kappa shape index (κ2) is 7.44. The lowest BCUT2D eigenvalue weighted by Gasteiger charge is -2.23. The van der Waals surface area contributed by atoms with E-state index in [1.165, 1.54) is 4.90 Å². The van der Waals surface area contributed by atoms with Gasteiger partial charge in [0.15, 0.2) is 0 Å². The summed E-state index contributed by atoms with van der Waals surface area (Å²) in [7, 11) is 0. The van der Waals surface area contributed by atoms with Gasteiger partial charge in [0.1, 0.15) is 0 Å². The van der Waals surface area contributed by atoms with E-state index in [4.69, 9.17) is 5.11 Å². The van der Waals surface area contributed by atoms with E-state index in [1.54, 1.807) is 0 Å². The molecule has 15 heavy (non-hydrogen) atoms. The lowest BCUT2D eigenvalue weighted by molar-refractivity contribution is 0.139. The maximum atomic E-state index is 10.3. The molecule has 2 saturated heterocycles. The Morgan fingerprint density at radius 1 is 0.867 bits per heavy atom. The number of nitrogens with zero attached hydrogens (tertiary/aromatic N) is 1. The zero-order valence-corrected chi connectivity index (χ0v) is 8.96. The van der Waals surface area contributed by atoms with E-state index in [1.807, 2.05) is 0 Å². The topological polar surface area (TPSA) is 76.6 Å². The molecule has 0 unspecified atom stereocenters. The molecule has 0 aliphatic carbocycles. The molecule has 1 amide bonds. The van der Waals surface area contributed by atoms with E-state index in [0.29, 0.717) is 13.1 Å². The van der Waals surface area contributed by atoms with Crippen LogP contribution >= 0.6 is 0 Å². The van der Waals surface area contributed by atoms with E-state index < -0.39 is 6.09 Å². The van der Waals surface area contributed by atoms with Gasteiger partial charge in [0.05, 0.1) is 0 Å². The second-order valence-corrected chi connectivity index (χ2v) is 3.52. The van der Waals surface area contributed by atoms with Crippen molar-refractivity contribution in [1.82, 2.24) is 20.9 Å². The molecule has 2 aliphatic rings. The Kier molecular flexibility index (Phi) is 6.06. The Morgan fingerprint density at radius 2 is 1.27 bits per heavy atom. The largest absolute Gasteiger partial charge is 0.465 e. The van der Waals surface area contributed by atoms with E-state index in [2.05, 4.69) is 16.0 Å². The van der Waals surface area contributed by atoms with Gasteiger partial charge in [-0.25, -0.2) is 4.79 Å². The van der Waals surface area contributed by atoms with Gasteiger partial charge in [0, 0.05) is 52.4 Å². The van der Waals surface area contributed by atoms with Crippen molar-refractivity contribution < 1.29 is 9.90 Å². The minimum Gasteiger partial charge on any atom is -0.465 e. The lowest BCUT2D eigenvalue weighted by Crippen LogP contribution is -2.45. The fraction of sp³-hybridized carbons (Fsp3) is 0.889. The second-order valence-electron chi connectivity index (χ2n) is 3.52. The van der Waals surface area contributed by atoms with Crippen LogP contribution in [0.3, 0.4) is 0 Å². The van der Waals surface area contributed by atoms with Gasteiger partial charge in [-0.2, -0.15) is 0 Å². The highest BCUT2D eigenvalue weighted by atomic mass is 16.4. The Balaban J connectivity index is 0.000000162. The third-order valence-electron chi connectivity index (χ3n) is 2.34. The van der Waals surface area contributed by atoms with Crippen LogP contribution in [0.1, 0.15) is 0 Å². The average molecular weight is 216 g/mol.